The molecule has 0 bridgehead atoms. The highest BCUT2D eigenvalue weighted by Crippen LogP contribution is 2.15. The lowest BCUT2D eigenvalue weighted by Crippen LogP contribution is -2.53. The molecule has 8 N–H and O–H groups in total. The Hall–Kier alpha value is -4.06. The molecule has 3 aromatic rings. The van der Waals surface area contributed by atoms with E-state index in [0.717, 1.165) is 28.1 Å². The van der Waals surface area contributed by atoms with E-state index in [0.29, 0.717) is 32.5 Å². The van der Waals surface area contributed by atoms with E-state index >= 15 is 0 Å². The second-order valence-corrected chi connectivity index (χ2v) is 10.4. The molecule has 2 aromatic carbocycles. The van der Waals surface area contributed by atoms with E-state index in [4.69, 9.17) is 17.2 Å². The largest absolute Gasteiger partial charge is 0.350 e. The maximum atomic E-state index is 13.4. The molecule has 1 aromatic heterocycles. The number of nitrogens with two attached hydrogens (primary N) is 3. The van der Waals surface area contributed by atoms with Gasteiger partial charge in [0.2, 0.25) is 17.7 Å². The molecule has 0 radical (unpaired) electrons. The molecule has 2 atom stereocenters. The number of carbonyl (C=O) groups excluding carboxylic acids is 3. The predicted octanol–water partition coefficient (Wildman–Crippen LogP) is 0.745. The summed E-state index contributed by atoms with van der Waals surface area (Å²) in [5.41, 5.74) is 22.2. The summed E-state index contributed by atoms with van der Waals surface area (Å²) in [6, 6.07) is 17.8. The van der Waals surface area contributed by atoms with Crippen LogP contribution in [0.15, 0.2) is 60.7 Å². The highest BCUT2D eigenvalue weighted by Gasteiger charge is 2.27. The van der Waals surface area contributed by atoms with Gasteiger partial charge in [0, 0.05) is 44.0 Å². The first-order valence-electron chi connectivity index (χ1n) is 14.4. The first kappa shape index (κ1) is 32.5. The van der Waals surface area contributed by atoms with Crippen molar-refractivity contribution in [3.8, 4) is 0 Å². The third kappa shape index (κ3) is 9.51. The molecule has 0 saturated heterocycles. The Bertz CT molecular complexity index is 1290. The van der Waals surface area contributed by atoms with E-state index in [1.54, 1.807) is 0 Å². The summed E-state index contributed by atoms with van der Waals surface area (Å²) in [5, 5.41) is 10.4. The van der Waals surface area contributed by atoms with Crippen LogP contribution in [0.5, 0.6) is 0 Å². The van der Waals surface area contributed by atoms with E-state index in [1.165, 1.54) is 4.90 Å². The molecule has 0 fully saturated rings. The van der Waals surface area contributed by atoms with Crippen LogP contribution in [-0.4, -0.2) is 70.7 Å². The minimum atomic E-state index is -1.12. The van der Waals surface area contributed by atoms with Crippen molar-refractivity contribution in [2.24, 2.45) is 17.2 Å². The van der Waals surface area contributed by atoms with Gasteiger partial charge in [0.25, 0.3) is 0 Å². The fourth-order valence-corrected chi connectivity index (χ4v) is 4.78. The number of hydrogen-bond donors (Lipinski definition) is 5. The average molecular weight is 577 g/mol. The molecule has 0 saturated carbocycles. The molecule has 0 aliphatic carbocycles. The van der Waals surface area contributed by atoms with Gasteiger partial charge in [0.15, 0.2) is 0 Å². The number of nitrogens with zero attached hydrogens (tertiary/aromatic N) is 3. The molecule has 1 heterocycles. The summed E-state index contributed by atoms with van der Waals surface area (Å²) >= 11 is 0. The van der Waals surface area contributed by atoms with Gasteiger partial charge in [0.05, 0.1) is 24.7 Å². The third-order valence-electron chi connectivity index (χ3n) is 7.23. The lowest BCUT2D eigenvalue weighted by molar-refractivity contribution is -0.135. The number of aryl methyl sites for hydroxylation is 2. The third-order valence-corrected chi connectivity index (χ3v) is 7.23. The summed E-state index contributed by atoms with van der Waals surface area (Å²) in [7, 11) is 0. The second kappa shape index (κ2) is 16.4. The van der Waals surface area contributed by atoms with Crippen molar-refractivity contribution in [3.63, 3.8) is 0 Å². The number of nitrogens with one attached hydrogen (secondary N) is 2. The quantitative estimate of drug-likeness (QED) is 0.167. The molecular formula is C31H44N8O3. The average Bonchev–Trinajstić information content (AvgIpc) is 3.25. The molecule has 0 unspecified atom stereocenters. The maximum Gasteiger partial charge on any atom is 0.242 e. The molecule has 42 heavy (non-hydrogen) atoms. The van der Waals surface area contributed by atoms with E-state index < -0.39 is 18.0 Å². The molecule has 11 heteroatoms. The second-order valence-electron chi connectivity index (χ2n) is 10.4. The van der Waals surface area contributed by atoms with Crippen LogP contribution in [-0.2, 0) is 33.9 Å². The van der Waals surface area contributed by atoms with Gasteiger partial charge in [-0.15, -0.1) is 0 Å². The van der Waals surface area contributed by atoms with Crippen LogP contribution in [0.3, 0.4) is 0 Å². The molecule has 0 spiro atoms. The molecule has 0 aliphatic rings. The van der Waals surface area contributed by atoms with E-state index in [-0.39, 0.29) is 37.9 Å². The van der Waals surface area contributed by atoms with Crippen molar-refractivity contribution < 1.29 is 14.4 Å². The van der Waals surface area contributed by atoms with Crippen molar-refractivity contribution in [1.29, 1.82) is 0 Å². The van der Waals surface area contributed by atoms with Gasteiger partial charge in [0.1, 0.15) is 6.04 Å². The van der Waals surface area contributed by atoms with Gasteiger partial charge in [-0.05, 0) is 37.8 Å². The monoisotopic (exact) mass is 576 g/mol. The Kier molecular flexibility index (Phi) is 12.7. The zero-order valence-electron chi connectivity index (χ0n) is 24.6. The topological polar surface area (TPSA) is 174 Å². The number of benzene rings is 2. The molecule has 3 rings (SSSR count). The minimum Gasteiger partial charge on any atom is -0.350 e. The number of hydrogen-bond acceptors (Lipinski definition) is 7. The molecule has 226 valence electrons. The van der Waals surface area contributed by atoms with Gasteiger partial charge in [-0.3, -0.25) is 19.1 Å². The SMILES string of the molecule is Cc1nn(Cc2ccccc2)c(C)c1CNC(=O)[C@H](CCc1ccccc1)NC(=O)[C@@H](N)CC(=O)N(CCN)CCN. The molecule has 11 nitrogen and oxygen atoms in total. The first-order chi connectivity index (χ1) is 20.2. The molecule has 3 amide bonds. The zero-order chi connectivity index (χ0) is 30.5. The van der Waals surface area contributed by atoms with Crippen LogP contribution in [0.25, 0.3) is 0 Å². The van der Waals surface area contributed by atoms with Crippen LogP contribution in [0, 0.1) is 13.8 Å². The molecule has 0 aliphatic heterocycles. The van der Waals surface area contributed by atoms with Crippen LogP contribution in [0.2, 0.25) is 0 Å². The van der Waals surface area contributed by atoms with Gasteiger partial charge in [-0.25, -0.2) is 0 Å². The summed E-state index contributed by atoms with van der Waals surface area (Å²) in [6.07, 6.45) is 0.721. The van der Waals surface area contributed by atoms with Crippen molar-refractivity contribution >= 4 is 17.7 Å². The van der Waals surface area contributed by atoms with Crippen molar-refractivity contribution in [3.05, 3.63) is 88.7 Å². The Morgan fingerprint density at radius 2 is 1.50 bits per heavy atom. The molecular weight excluding hydrogens is 532 g/mol. The van der Waals surface area contributed by atoms with Gasteiger partial charge < -0.3 is 32.7 Å². The predicted molar refractivity (Wildman–Crippen MR) is 163 cm³/mol. The van der Waals surface area contributed by atoms with Gasteiger partial charge >= 0.3 is 0 Å². The highest BCUT2D eigenvalue weighted by atomic mass is 16.2. The van der Waals surface area contributed by atoms with E-state index in [2.05, 4.69) is 15.7 Å². The summed E-state index contributed by atoms with van der Waals surface area (Å²) < 4.78 is 1.93. The fraction of sp³-hybridized carbons (Fsp3) is 0.419. The van der Waals surface area contributed by atoms with Crippen LogP contribution >= 0.6 is 0 Å². The number of carbonyl (C=O) groups is 3. The Labute approximate surface area is 247 Å². The Morgan fingerprint density at radius 1 is 0.905 bits per heavy atom. The maximum absolute atomic E-state index is 13.4. The zero-order valence-corrected chi connectivity index (χ0v) is 24.6. The lowest BCUT2D eigenvalue weighted by atomic mass is 10.0. The van der Waals surface area contributed by atoms with Gasteiger partial charge in [-0.1, -0.05) is 60.7 Å². The van der Waals surface area contributed by atoms with Crippen LogP contribution in [0.1, 0.15) is 40.9 Å². The van der Waals surface area contributed by atoms with Crippen LogP contribution < -0.4 is 27.8 Å². The standard InChI is InChI=1S/C31H44N8O3/c1-22-26(23(2)39(37-22)21-25-11-7-4-8-12-25)20-35-31(42)28(14-13-24-9-5-3-6-10-24)36-30(41)27(34)19-29(40)38(17-15-32)18-16-33/h3-12,27-28H,13-21,32-34H2,1-2H3,(H,35,42)(H,36,41)/t27-,28-/m0/s1. The van der Waals surface area contributed by atoms with E-state index in [1.807, 2.05) is 79.2 Å². The van der Waals surface area contributed by atoms with Gasteiger partial charge in [-0.2, -0.15) is 5.10 Å². The lowest BCUT2D eigenvalue weighted by Gasteiger charge is -2.24. The normalized spacial score (nSPS) is 12.4. The summed E-state index contributed by atoms with van der Waals surface area (Å²) in [5.74, 6) is -1.21. The number of amides is 3. The van der Waals surface area contributed by atoms with E-state index in [9.17, 15) is 14.4 Å². The Balaban J connectivity index is 1.67. The number of aromatic nitrogens is 2. The van der Waals surface area contributed by atoms with Crippen molar-refractivity contribution in [2.75, 3.05) is 26.2 Å². The van der Waals surface area contributed by atoms with Crippen molar-refractivity contribution in [2.45, 2.75) is 58.3 Å². The minimum absolute atomic E-state index is 0.210. The number of rotatable bonds is 16. The van der Waals surface area contributed by atoms with Crippen LogP contribution in [0.4, 0.5) is 0 Å². The fourth-order valence-electron chi connectivity index (χ4n) is 4.78. The first-order valence-corrected chi connectivity index (χ1v) is 14.4. The Morgan fingerprint density at radius 3 is 2.10 bits per heavy atom. The highest BCUT2D eigenvalue weighted by molar-refractivity contribution is 5.92. The smallest absolute Gasteiger partial charge is 0.242 e. The summed E-state index contributed by atoms with van der Waals surface area (Å²) in [4.78, 5) is 40.6. The summed E-state index contributed by atoms with van der Waals surface area (Å²) in [6.45, 7) is 5.99. The van der Waals surface area contributed by atoms with Crippen molar-refractivity contribution in [1.82, 2.24) is 25.3 Å².